The highest BCUT2D eigenvalue weighted by Gasteiger charge is 2.07. The Balaban J connectivity index is 2.60. The number of hydrogen-bond donors (Lipinski definition) is 3. The molecule has 5 heteroatoms. The van der Waals surface area contributed by atoms with Crippen LogP contribution >= 0.6 is 11.6 Å². The lowest BCUT2D eigenvalue weighted by Gasteiger charge is -2.11. The van der Waals surface area contributed by atoms with Crippen LogP contribution in [0, 0.1) is 0 Å². The van der Waals surface area contributed by atoms with Gasteiger partial charge < -0.3 is 16.2 Å². The summed E-state index contributed by atoms with van der Waals surface area (Å²) in [5.41, 5.74) is 6.54. The number of amides is 1. The van der Waals surface area contributed by atoms with Crippen molar-refractivity contribution in [3.8, 4) is 0 Å². The molecule has 1 rings (SSSR count). The van der Waals surface area contributed by atoms with Crippen LogP contribution in [0.3, 0.4) is 0 Å². The average Bonchev–Trinajstić information content (AvgIpc) is 2.14. The minimum Gasteiger partial charge on any atom is -0.465 e. The highest BCUT2D eigenvalue weighted by atomic mass is 35.5. The van der Waals surface area contributed by atoms with Crippen LogP contribution in [0.4, 0.5) is 4.79 Å². The molecule has 0 aliphatic heterocycles. The molecule has 4 N–H and O–H groups in total. The molecule has 0 unspecified atom stereocenters. The van der Waals surface area contributed by atoms with Crippen molar-refractivity contribution in [2.75, 3.05) is 6.54 Å². The van der Waals surface area contributed by atoms with Gasteiger partial charge in [-0.05, 0) is 17.7 Å². The number of carboxylic acid groups (broad SMARTS) is 1. The first-order chi connectivity index (χ1) is 6.59. The molecule has 76 valence electrons. The zero-order chi connectivity index (χ0) is 10.6. The predicted octanol–water partition coefficient (Wildman–Crippen LogP) is 1.61. The average molecular weight is 215 g/mol. The second kappa shape index (κ2) is 4.83. The van der Waals surface area contributed by atoms with Crippen molar-refractivity contribution in [2.24, 2.45) is 5.73 Å². The van der Waals surface area contributed by atoms with Crippen LogP contribution in [0.15, 0.2) is 24.3 Å². The van der Waals surface area contributed by atoms with Crippen molar-refractivity contribution < 1.29 is 9.90 Å². The smallest absolute Gasteiger partial charge is 0.404 e. The molecule has 14 heavy (non-hydrogen) atoms. The van der Waals surface area contributed by atoms with Crippen molar-refractivity contribution in [1.29, 1.82) is 0 Å². The Morgan fingerprint density at radius 3 is 2.93 bits per heavy atom. The third-order valence-corrected chi connectivity index (χ3v) is 1.99. The van der Waals surface area contributed by atoms with E-state index >= 15 is 0 Å². The van der Waals surface area contributed by atoms with Gasteiger partial charge in [-0.3, -0.25) is 0 Å². The van der Waals surface area contributed by atoms with Gasteiger partial charge in [0.05, 0.1) is 0 Å². The molecule has 0 spiro atoms. The fourth-order valence-corrected chi connectivity index (χ4v) is 1.25. The highest BCUT2D eigenvalue weighted by molar-refractivity contribution is 6.30. The van der Waals surface area contributed by atoms with E-state index in [0.717, 1.165) is 5.56 Å². The van der Waals surface area contributed by atoms with Crippen LogP contribution in [0.2, 0.25) is 5.02 Å². The first-order valence-corrected chi connectivity index (χ1v) is 4.45. The molecule has 0 aliphatic carbocycles. The molecule has 1 atom stereocenters. The summed E-state index contributed by atoms with van der Waals surface area (Å²) in [5.74, 6) is 0. The summed E-state index contributed by atoms with van der Waals surface area (Å²) in [7, 11) is 0. The van der Waals surface area contributed by atoms with E-state index in [9.17, 15) is 4.79 Å². The van der Waals surface area contributed by atoms with Crippen molar-refractivity contribution in [3.05, 3.63) is 34.9 Å². The largest absolute Gasteiger partial charge is 0.465 e. The van der Waals surface area contributed by atoms with Crippen molar-refractivity contribution in [2.45, 2.75) is 6.04 Å². The summed E-state index contributed by atoms with van der Waals surface area (Å²) < 4.78 is 0. The van der Waals surface area contributed by atoms with Gasteiger partial charge in [0.15, 0.2) is 0 Å². The number of hydrogen-bond acceptors (Lipinski definition) is 2. The lowest BCUT2D eigenvalue weighted by Crippen LogP contribution is -2.30. The SMILES string of the molecule is N[C@H](CNC(=O)O)c1cccc(Cl)c1. The second-order valence-electron chi connectivity index (χ2n) is 2.85. The van der Waals surface area contributed by atoms with Gasteiger partial charge in [0.2, 0.25) is 0 Å². The first kappa shape index (κ1) is 10.8. The molecule has 0 saturated carbocycles. The molecule has 0 heterocycles. The molecular formula is C9H11ClN2O2. The molecule has 1 aromatic rings. The quantitative estimate of drug-likeness (QED) is 0.716. The molecule has 0 aromatic heterocycles. The molecule has 4 nitrogen and oxygen atoms in total. The molecule has 0 bridgehead atoms. The van der Waals surface area contributed by atoms with Crippen LogP contribution < -0.4 is 11.1 Å². The van der Waals surface area contributed by atoms with Gasteiger partial charge in [-0.2, -0.15) is 0 Å². The Bertz CT molecular complexity index is 330. The van der Waals surface area contributed by atoms with Gasteiger partial charge >= 0.3 is 6.09 Å². The van der Waals surface area contributed by atoms with E-state index in [1.165, 1.54) is 0 Å². The normalized spacial score (nSPS) is 12.1. The maximum atomic E-state index is 10.2. The Morgan fingerprint density at radius 1 is 1.64 bits per heavy atom. The second-order valence-corrected chi connectivity index (χ2v) is 3.28. The zero-order valence-electron chi connectivity index (χ0n) is 7.40. The summed E-state index contributed by atoms with van der Waals surface area (Å²) in [6.07, 6.45) is -1.08. The van der Waals surface area contributed by atoms with Crippen molar-refractivity contribution >= 4 is 17.7 Å². The number of rotatable bonds is 3. The molecule has 0 fully saturated rings. The summed E-state index contributed by atoms with van der Waals surface area (Å²) in [5, 5.41) is 11.2. The van der Waals surface area contributed by atoms with E-state index in [2.05, 4.69) is 5.32 Å². The van der Waals surface area contributed by atoms with Crippen LogP contribution in [0.25, 0.3) is 0 Å². The maximum absolute atomic E-state index is 10.2. The van der Waals surface area contributed by atoms with Crippen LogP contribution in [0.5, 0.6) is 0 Å². The van der Waals surface area contributed by atoms with Crippen molar-refractivity contribution in [1.82, 2.24) is 5.32 Å². The summed E-state index contributed by atoms with van der Waals surface area (Å²) in [4.78, 5) is 10.2. The summed E-state index contributed by atoms with van der Waals surface area (Å²) >= 11 is 5.76. The minimum absolute atomic E-state index is 0.176. The van der Waals surface area contributed by atoms with E-state index in [0.29, 0.717) is 5.02 Å². The van der Waals surface area contributed by atoms with Gasteiger partial charge in [-0.1, -0.05) is 23.7 Å². The van der Waals surface area contributed by atoms with E-state index in [1.54, 1.807) is 24.3 Å². The first-order valence-electron chi connectivity index (χ1n) is 4.07. The zero-order valence-corrected chi connectivity index (χ0v) is 8.16. The minimum atomic E-state index is -1.08. The highest BCUT2D eigenvalue weighted by Crippen LogP contribution is 2.15. The topological polar surface area (TPSA) is 75.3 Å². The summed E-state index contributed by atoms with van der Waals surface area (Å²) in [6, 6.07) is 6.67. The number of halogens is 1. The number of nitrogens with one attached hydrogen (secondary N) is 1. The third kappa shape index (κ3) is 3.24. The molecule has 0 saturated heterocycles. The van der Waals surface area contributed by atoms with E-state index in [-0.39, 0.29) is 12.6 Å². The number of benzene rings is 1. The lowest BCUT2D eigenvalue weighted by atomic mass is 10.1. The van der Waals surface area contributed by atoms with Gasteiger partial charge in [0.25, 0.3) is 0 Å². The van der Waals surface area contributed by atoms with Crippen molar-refractivity contribution in [3.63, 3.8) is 0 Å². The molecular weight excluding hydrogens is 204 g/mol. The molecule has 0 radical (unpaired) electrons. The Kier molecular flexibility index (Phi) is 3.73. The van der Waals surface area contributed by atoms with Crippen LogP contribution in [-0.2, 0) is 0 Å². The standard InChI is InChI=1S/C9H11ClN2O2/c10-7-3-1-2-6(4-7)8(11)5-12-9(13)14/h1-4,8,12H,5,11H2,(H,13,14)/t8-/m1/s1. The molecule has 1 aromatic carbocycles. The lowest BCUT2D eigenvalue weighted by molar-refractivity contribution is 0.193. The monoisotopic (exact) mass is 214 g/mol. The van der Waals surface area contributed by atoms with Crippen LogP contribution in [0.1, 0.15) is 11.6 Å². The van der Waals surface area contributed by atoms with Gasteiger partial charge in [-0.15, -0.1) is 0 Å². The Labute approximate surface area is 86.7 Å². The van der Waals surface area contributed by atoms with E-state index < -0.39 is 6.09 Å². The third-order valence-electron chi connectivity index (χ3n) is 1.75. The summed E-state index contributed by atoms with van der Waals surface area (Å²) in [6.45, 7) is 0.176. The number of nitrogens with two attached hydrogens (primary N) is 1. The molecule has 1 amide bonds. The predicted molar refractivity (Wildman–Crippen MR) is 54.4 cm³/mol. The van der Waals surface area contributed by atoms with Gasteiger partial charge in [0, 0.05) is 17.6 Å². The van der Waals surface area contributed by atoms with Gasteiger partial charge in [0.1, 0.15) is 0 Å². The molecule has 0 aliphatic rings. The Morgan fingerprint density at radius 2 is 2.36 bits per heavy atom. The Hall–Kier alpha value is -1.26. The van der Waals surface area contributed by atoms with E-state index in [1.807, 2.05) is 0 Å². The maximum Gasteiger partial charge on any atom is 0.404 e. The van der Waals surface area contributed by atoms with E-state index in [4.69, 9.17) is 22.4 Å². The number of carbonyl (C=O) groups is 1. The fraction of sp³-hybridized carbons (Fsp3) is 0.222. The van der Waals surface area contributed by atoms with Crippen LogP contribution in [-0.4, -0.2) is 17.7 Å². The van der Waals surface area contributed by atoms with Gasteiger partial charge in [-0.25, -0.2) is 4.79 Å². The fourth-order valence-electron chi connectivity index (χ4n) is 1.05.